The van der Waals surface area contributed by atoms with E-state index >= 15 is 0 Å². The minimum Gasteiger partial charge on any atom is -0.451 e. The van der Waals surface area contributed by atoms with Crippen LogP contribution in [-0.2, 0) is 19.0 Å². The van der Waals surface area contributed by atoms with E-state index in [2.05, 4.69) is 4.90 Å². The fraction of sp³-hybridized carbons (Fsp3) is 0.455. The molecule has 4 rings (SSSR count). The third-order valence-electron chi connectivity index (χ3n) is 5.22. The zero-order valence-corrected chi connectivity index (χ0v) is 17.9. The van der Waals surface area contributed by atoms with Gasteiger partial charge in [0.05, 0.1) is 30.9 Å². The van der Waals surface area contributed by atoms with E-state index in [0.717, 1.165) is 29.2 Å². The van der Waals surface area contributed by atoms with Crippen LogP contribution < -0.4 is 4.90 Å². The fourth-order valence-corrected chi connectivity index (χ4v) is 4.77. The second-order valence-electron chi connectivity index (χ2n) is 7.39. The number of carbonyl (C=O) groups excluding carboxylic acids is 2. The van der Waals surface area contributed by atoms with Crippen LogP contribution >= 0.6 is 11.3 Å². The first-order valence-electron chi connectivity index (χ1n) is 10.2. The van der Waals surface area contributed by atoms with Gasteiger partial charge in [-0.1, -0.05) is 30.3 Å². The Balaban J connectivity index is 1.48. The molecule has 160 valence electrons. The Kier molecular flexibility index (Phi) is 6.66. The zero-order chi connectivity index (χ0) is 20.9. The minimum absolute atomic E-state index is 0.000193. The highest BCUT2D eigenvalue weighted by Gasteiger charge is 2.25. The van der Waals surface area contributed by atoms with E-state index in [-0.39, 0.29) is 18.6 Å². The number of hydrogen-bond donors (Lipinski definition) is 0. The maximum atomic E-state index is 12.7. The van der Waals surface area contributed by atoms with Crippen LogP contribution in [0.4, 0.5) is 5.00 Å². The monoisotopic (exact) mass is 430 g/mol. The molecule has 1 amide bonds. The van der Waals surface area contributed by atoms with Gasteiger partial charge in [-0.2, -0.15) is 0 Å². The molecule has 8 heteroatoms. The lowest BCUT2D eigenvalue weighted by Gasteiger charge is -2.30. The molecule has 0 N–H and O–H groups in total. The van der Waals surface area contributed by atoms with Crippen molar-refractivity contribution in [3.05, 3.63) is 41.3 Å². The highest BCUT2D eigenvalue weighted by Crippen LogP contribution is 2.39. The van der Waals surface area contributed by atoms with Crippen molar-refractivity contribution in [3.8, 4) is 11.1 Å². The number of ether oxygens (including phenoxy) is 3. The Hall–Kier alpha value is -2.42. The minimum atomic E-state index is -0.466. The summed E-state index contributed by atoms with van der Waals surface area (Å²) in [6.07, 6.45) is 0.000193. The third kappa shape index (κ3) is 4.83. The molecule has 2 aromatic rings. The molecule has 2 fully saturated rings. The topological polar surface area (TPSA) is 68.3 Å². The van der Waals surface area contributed by atoms with Crippen molar-refractivity contribution in [1.82, 2.24) is 4.90 Å². The van der Waals surface area contributed by atoms with Crippen molar-refractivity contribution in [2.24, 2.45) is 0 Å². The molecule has 0 radical (unpaired) electrons. The predicted molar refractivity (Wildman–Crippen MR) is 115 cm³/mol. The fourth-order valence-electron chi connectivity index (χ4n) is 3.64. The summed E-state index contributed by atoms with van der Waals surface area (Å²) in [5.41, 5.74) is 2.05. The van der Waals surface area contributed by atoms with Gasteiger partial charge in [-0.05, 0) is 18.6 Å². The number of thiophene rings is 1. The number of rotatable bonds is 5. The van der Waals surface area contributed by atoms with Crippen LogP contribution in [0.15, 0.2) is 36.4 Å². The van der Waals surface area contributed by atoms with E-state index in [1.165, 1.54) is 11.3 Å². The molecule has 2 saturated heterocycles. The summed E-state index contributed by atoms with van der Waals surface area (Å²) in [5.74, 6) is -0.655. The van der Waals surface area contributed by atoms with Crippen molar-refractivity contribution in [2.75, 3.05) is 57.5 Å². The molecule has 30 heavy (non-hydrogen) atoms. The van der Waals surface area contributed by atoms with E-state index in [0.29, 0.717) is 37.8 Å². The van der Waals surface area contributed by atoms with Gasteiger partial charge in [-0.3, -0.25) is 4.79 Å². The molecule has 2 aliphatic heterocycles. The summed E-state index contributed by atoms with van der Waals surface area (Å²) in [6, 6.07) is 11.9. The number of carbonyl (C=O) groups is 2. The molecule has 7 nitrogen and oxygen atoms in total. The Labute approximate surface area is 180 Å². The molecule has 1 atom stereocenters. The van der Waals surface area contributed by atoms with Crippen molar-refractivity contribution in [3.63, 3.8) is 0 Å². The van der Waals surface area contributed by atoms with Crippen LogP contribution in [0.1, 0.15) is 16.6 Å². The second-order valence-corrected chi connectivity index (χ2v) is 8.42. The summed E-state index contributed by atoms with van der Waals surface area (Å²) in [4.78, 5) is 29.5. The highest BCUT2D eigenvalue weighted by molar-refractivity contribution is 7.18. The molecule has 0 bridgehead atoms. The second kappa shape index (κ2) is 9.59. The normalized spacial score (nSPS) is 19.6. The number of anilines is 1. The summed E-state index contributed by atoms with van der Waals surface area (Å²) >= 11 is 1.41. The molecule has 0 saturated carbocycles. The van der Waals surface area contributed by atoms with Gasteiger partial charge in [0.2, 0.25) is 0 Å². The van der Waals surface area contributed by atoms with Gasteiger partial charge in [0.15, 0.2) is 6.61 Å². The van der Waals surface area contributed by atoms with Crippen molar-refractivity contribution in [1.29, 1.82) is 0 Å². The van der Waals surface area contributed by atoms with Gasteiger partial charge in [0, 0.05) is 31.7 Å². The molecule has 1 aromatic heterocycles. The number of esters is 1. The molecule has 0 aliphatic carbocycles. The number of morpholine rings is 2. The predicted octanol–water partition coefficient (Wildman–Crippen LogP) is 2.66. The molecule has 2 aliphatic rings. The maximum absolute atomic E-state index is 12.7. The van der Waals surface area contributed by atoms with Crippen LogP contribution in [0, 0.1) is 0 Å². The summed E-state index contributed by atoms with van der Waals surface area (Å²) < 4.78 is 16.3. The summed E-state index contributed by atoms with van der Waals surface area (Å²) in [7, 11) is 0. The van der Waals surface area contributed by atoms with Crippen molar-refractivity contribution >= 4 is 28.2 Å². The molecule has 3 heterocycles. The quantitative estimate of drug-likeness (QED) is 0.680. The van der Waals surface area contributed by atoms with E-state index in [1.54, 1.807) is 4.90 Å². The van der Waals surface area contributed by atoms with E-state index < -0.39 is 5.97 Å². The average Bonchev–Trinajstić information content (AvgIpc) is 3.24. The Bertz CT molecular complexity index is 879. The Morgan fingerprint density at radius 2 is 1.90 bits per heavy atom. The maximum Gasteiger partial charge on any atom is 0.348 e. The van der Waals surface area contributed by atoms with Crippen molar-refractivity contribution < 1.29 is 23.8 Å². The summed E-state index contributed by atoms with van der Waals surface area (Å²) in [6.45, 7) is 6.12. The highest BCUT2D eigenvalue weighted by atomic mass is 32.1. The lowest BCUT2D eigenvalue weighted by atomic mass is 10.1. The SMILES string of the molecule is CC1CN(C(=O)COC(=O)c2cc(-c3ccccc3)c(N3CCOCC3)s2)CCO1. The average molecular weight is 431 g/mol. The van der Waals surface area contributed by atoms with Crippen LogP contribution in [0.5, 0.6) is 0 Å². The first kappa shape index (κ1) is 20.8. The van der Waals surface area contributed by atoms with Crippen LogP contribution in [0.25, 0.3) is 11.1 Å². The standard InChI is InChI=1S/C22H26N2O5S/c1-16-14-24(9-12-28-16)20(25)15-29-22(26)19-13-18(17-5-3-2-4-6-17)21(30-19)23-7-10-27-11-8-23/h2-6,13,16H,7-12,14-15H2,1H3. The van der Waals surface area contributed by atoms with E-state index in [9.17, 15) is 9.59 Å². The zero-order valence-electron chi connectivity index (χ0n) is 17.0. The molecular weight excluding hydrogens is 404 g/mol. The van der Waals surface area contributed by atoms with Gasteiger partial charge in [-0.15, -0.1) is 11.3 Å². The van der Waals surface area contributed by atoms with E-state index in [4.69, 9.17) is 14.2 Å². The third-order valence-corrected chi connectivity index (χ3v) is 6.39. The van der Waals surface area contributed by atoms with Crippen LogP contribution in [-0.4, -0.2) is 75.5 Å². The first-order chi connectivity index (χ1) is 14.6. The van der Waals surface area contributed by atoms with Gasteiger partial charge in [0.25, 0.3) is 5.91 Å². The Morgan fingerprint density at radius 3 is 2.63 bits per heavy atom. The van der Waals surface area contributed by atoms with Gasteiger partial charge < -0.3 is 24.0 Å². The lowest BCUT2D eigenvalue weighted by molar-refractivity contribution is -0.141. The van der Waals surface area contributed by atoms with Crippen LogP contribution in [0.2, 0.25) is 0 Å². The largest absolute Gasteiger partial charge is 0.451 e. The smallest absolute Gasteiger partial charge is 0.348 e. The number of nitrogens with zero attached hydrogens (tertiary/aromatic N) is 2. The number of hydrogen-bond acceptors (Lipinski definition) is 7. The Morgan fingerprint density at radius 1 is 1.13 bits per heavy atom. The van der Waals surface area contributed by atoms with Gasteiger partial charge in [-0.25, -0.2) is 4.79 Å². The number of amides is 1. The molecule has 1 aromatic carbocycles. The molecular formula is C22H26N2O5S. The number of benzene rings is 1. The van der Waals surface area contributed by atoms with E-state index in [1.807, 2.05) is 43.3 Å². The molecule has 1 unspecified atom stereocenters. The van der Waals surface area contributed by atoms with Gasteiger partial charge >= 0.3 is 5.97 Å². The lowest BCUT2D eigenvalue weighted by Crippen LogP contribution is -2.46. The first-order valence-corrected chi connectivity index (χ1v) is 11.0. The van der Waals surface area contributed by atoms with Gasteiger partial charge in [0.1, 0.15) is 4.88 Å². The summed E-state index contributed by atoms with van der Waals surface area (Å²) in [5, 5.41) is 1.03. The molecule has 0 spiro atoms. The van der Waals surface area contributed by atoms with Crippen molar-refractivity contribution in [2.45, 2.75) is 13.0 Å². The van der Waals surface area contributed by atoms with Crippen LogP contribution in [0.3, 0.4) is 0 Å².